The van der Waals surface area contributed by atoms with Gasteiger partial charge in [0, 0.05) is 33.7 Å². The fourth-order valence-corrected chi connectivity index (χ4v) is 2.72. The first-order valence-corrected chi connectivity index (χ1v) is 9.36. The summed E-state index contributed by atoms with van der Waals surface area (Å²) in [6, 6.07) is 6.06. The predicted molar refractivity (Wildman–Crippen MR) is 125 cm³/mol. The van der Waals surface area contributed by atoms with Crippen LogP contribution < -0.4 is 14.8 Å². The average Bonchev–Trinajstić information content (AvgIpc) is 2.67. The number of methoxy groups -OCH3 is 2. The molecule has 0 atom stereocenters. The van der Waals surface area contributed by atoms with E-state index in [9.17, 15) is 0 Å². The van der Waals surface area contributed by atoms with Gasteiger partial charge in [-0.2, -0.15) is 0 Å². The van der Waals surface area contributed by atoms with E-state index in [-0.39, 0.29) is 24.0 Å². The maximum absolute atomic E-state index is 5.38. The van der Waals surface area contributed by atoms with Gasteiger partial charge in [0.1, 0.15) is 0 Å². The number of likely N-dealkylation sites (N-methyl/N-ethyl adjacent to an activating group) is 2. The Bertz CT molecular complexity index is 555. The van der Waals surface area contributed by atoms with E-state index in [0.717, 1.165) is 50.1 Å². The summed E-state index contributed by atoms with van der Waals surface area (Å²) in [5.41, 5.74) is 1.21. The third-order valence-corrected chi connectivity index (χ3v) is 4.43. The third kappa shape index (κ3) is 9.51. The molecule has 1 N–H and O–H groups in total. The molecule has 0 aliphatic rings. The van der Waals surface area contributed by atoms with Crippen LogP contribution in [0.25, 0.3) is 0 Å². The number of aliphatic imine (C=N–C) groups is 1. The molecule has 0 saturated heterocycles. The number of benzene rings is 1. The summed E-state index contributed by atoms with van der Waals surface area (Å²) in [6.45, 7) is 6.16. The van der Waals surface area contributed by atoms with E-state index < -0.39 is 0 Å². The fourth-order valence-electron chi connectivity index (χ4n) is 2.72. The summed E-state index contributed by atoms with van der Waals surface area (Å²) >= 11 is 0. The van der Waals surface area contributed by atoms with Gasteiger partial charge in [-0.1, -0.05) is 19.4 Å². The molecule has 0 aromatic heterocycles. The van der Waals surface area contributed by atoms with E-state index in [1.807, 2.05) is 19.2 Å². The molecular formula is C20H37IN4O2. The maximum Gasteiger partial charge on any atom is 0.193 e. The van der Waals surface area contributed by atoms with Crippen molar-refractivity contribution < 1.29 is 9.47 Å². The lowest BCUT2D eigenvalue weighted by Crippen LogP contribution is -2.42. The van der Waals surface area contributed by atoms with E-state index in [4.69, 9.17) is 9.47 Å². The van der Waals surface area contributed by atoms with Gasteiger partial charge in [-0.05, 0) is 44.1 Å². The first kappa shape index (κ1) is 25.8. The molecule has 6 nitrogen and oxygen atoms in total. The highest BCUT2D eigenvalue weighted by atomic mass is 127. The second-order valence-electron chi connectivity index (χ2n) is 6.49. The Labute approximate surface area is 182 Å². The number of rotatable bonds is 11. The zero-order valence-electron chi connectivity index (χ0n) is 17.7. The van der Waals surface area contributed by atoms with Gasteiger partial charge in [0.2, 0.25) is 0 Å². The normalized spacial score (nSPS) is 11.1. The van der Waals surface area contributed by atoms with Gasteiger partial charge in [0.05, 0.1) is 14.2 Å². The molecular weight excluding hydrogens is 455 g/mol. The monoisotopic (exact) mass is 492 g/mol. The zero-order valence-corrected chi connectivity index (χ0v) is 20.1. The van der Waals surface area contributed by atoms with E-state index in [0.29, 0.717) is 0 Å². The minimum Gasteiger partial charge on any atom is -0.493 e. The van der Waals surface area contributed by atoms with Gasteiger partial charge in [-0.3, -0.25) is 4.99 Å². The van der Waals surface area contributed by atoms with Gasteiger partial charge < -0.3 is 24.6 Å². The van der Waals surface area contributed by atoms with Crippen molar-refractivity contribution in [2.24, 2.45) is 4.99 Å². The Morgan fingerprint density at radius 1 is 1.07 bits per heavy atom. The molecule has 0 bridgehead atoms. The molecule has 7 heteroatoms. The number of hydrogen-bond acceptors (Lipinski definition) is 4. The topological polar surface area (TPSA) is 49.3 Å². The molecule has 27 heavy (non-hydrogen) atoms. The number of halogens is 1. The Balaban J connectivity index is 0.00000676. The Hall–Kier alpha value is -1.22. The van der Waals surface area contributed by atoms with Crippen LogP contribution in [0.2, 0.25) is 0 Å². The highest BCUT2D eigenvalue weighted by Gasteiger charge is 2.08. The molecule has 0 amide bonds. The van der Waals surface area contributed by atoms with Crippen LogP contribution in [0.5, 0.6) is 11.5 Å². The van der Waals surface area contributed by atoms with Crippen LogP contribution >= 0.6 is 24.0 Å². The molecule has 0 radical (unpaired) electrons. The summed E-state index contributed by atoms with van der Waals surface area (Å²) in [7, 11) is 9.38. The highest BCUT2D eigenvalue weighted by Crippen LogP contribution is 2.27. The quantitative estimate of drug-likeness (QED) is 0.292. The summed E-state index contributed by atoms with van der Waals surface area (Å²) in [5, 5.41) is 3.44. The number of hydrogen-bond donors (Lipinski definition) is 1. The second-order valence-corrected chi connectivity index (χ2v) is 6.49. The van der Waals surface area contributed by atoms with Crippen molar-refractivity contribution in [3.05, 3.63) is 23.8 Å². The molecule has 0 spiro atoms. The molecule has 156 valence electrons. The van der Waals surface area contributed by atoms with E-state index in [1.54, 1.807) is 14.2 Å². The largest absolute Gasteiger partial charge is 0.493 e. The van der Waals surface area contributed by atoms with Crippen molar-refractivity contribution in [2.45, 2.75) is 26.2 Å². The minimum atomic E-state index is 0. The van der Waals surface area contributed by atoms with Crippen molar-refractivity contribution in [1.82, 2.24) is 15.1 Å². The molecule has 1 rings (SSSR count). The van der Waals surface area contributed by atoms with Crippen LogP contribution in [0.15, 0.2) is 23.2 Å². The van der Waals surface area contributed by atoms with Gasteiger partial charge in [0.25, 0.3) is 0 Å². The summed E-state index contributed by atoms with van der Waals surface area (Å²) in [4.78, 5) is 8.90. The number of unbranched alkanes of at least 4 members (excludes halogenated alkanes) is 1. The number of ether oxygens (including phenoxy) is 2. The number of guanidine groups is 1. The van der Waals surface area contributed by atoms with Gasteiger partial charge >= 0.3 is 0 Å². The van der Waals surface area contributed by atoms with Crippen LogP contribution in [0.1, 0.15) is 25.3 Å². The average molecular weight is 492 g/mol. The van der Waals surface area contributed by atoms with Crippen molar-refractivity contribution in [2.75, 3.05) is 61.5 Å². The van der Waals surface area contributed by atoms with Crippen LogP contribution in [0.4, 0.5) is 0 Å². The van der Waals surface area contributed by atoms with Crippen molar-refractivity contribution >= 4 is 29.9 Å². The van der Waals surface area contributed by atoms with Crippen LogP contribution in [-0.4, -0.2) is 77.3 Å². The maximum atomic E-state index is 5.38. The molecule has 0 heterocycles. The predicted octanol–water partition coefficient (Wildman–Crippen LogP) is 3.10. The first-order chi connectivity index (χ1) is 12.5. The minimum absolute atomic E-state index is 0. The van der Waals surface area contributed by atoms with Crippen LogP contribution in [0, 0.1) is 0 Å². The molecule has 0 aliphatic carbocycles. The van der Waals surface area contributed by atoms with E-state index in [1.165, 1.54) is 18.4 Å². The van der Waals surface area contributed by atoms with E-state index >= 15 is 0 Å². The smallest absolute Gasteiger partial charge is 0.193 e. The molecule has 0 unspecified atom stereocenters. The molecule has 0 aliphatic heterocycles. The Morgan fingerprint density at radius 2 is 1.78 bits per heavy atom. The van der Waals surface area contributed by atoms with Crippen molar-refractivity contribution in [1.29, 1.82) is 0 Å². The van der Waals surface area contributed by atoms with Gasteiger partial charge in [0.15, 0.2) is 17.5 Å². The lowest BCUT2D eigenvalue weighted by atomic mass is 10.1. The third-order valence-electron chi connectivity index (χ3n) is 4.43. The fraction of sp³-hybridized carbons (Fsp3) is 0.650. The zero-order chi connectivity index (χ0) is 19.4. The standard InChI is InChI=1S/C20H36N4O2.HI/c1-7-8-13-23(3)15-12-22-20(21-2)24(4)14-11-17-9-10-18(25-5)19(16-17)26-6;/h9-10,16H,7-8,11-15H2,1-6H3,(H,21,22);1H. The first-order valence-electron chi connectivity index (χ1n) is 9.36. The molecule has 0 saturated carbocycles. The summed E-state index contributed by atoms with van der Waals surface area (Å²) < 4.78 is 10.7. The van der Waals surface area contributed by atoms with Crippen molar-refractivity contribution in [3.8, 4) is 11.5 Å². The highest BCUT2D eigenvalue weighted by molar-refractivity contribution is 14.0. The molecule has 1 aromatic carbocycles. The summed E-state index contributed by atoms with van der Waals surface area (Å²) in [6.07, 6.45) is 3.39. The van der Waals surface area contributed by atoms with Gasteiger partial charge in [-0.25, -0.2) is 0 Å². The number of nitrogens with one attached hydrogen (secondary N) is 1. The van der Waals surface area contributed by atoms with Crippen LogP contribution in [-0.2, 0) is 6.42 Å². The molecule has 1 aromatic rings. The summed E-state index contributed by atoms with van der Waals surface area (Å²) in [5.74, 6) is 2.45. The lowest BCUT2D eigenvalue weighted by molar-refractivity contribution is 0.330. The van der Waals surface area contributed by atoms with Gasteiger partial charge in [-0.15, -0.1) is 24.0 Å². The SMILES string of the molecule is CCCCN(C)CCNC(=NC)N(C)CCc1ccc(OC)c(OC)c1.I. The second kappa shape index (κ2) is 14.8. The number of nitrogens with zero attached hydrogens (tertiary/aromatic N) is 3. The van der Waals surface area contributed by atoms with Crippen LogP contribution in [0.3, 0.4) is 0 Å². The Morgan fingerprint density at radius 3 is 2.37 bits per heavy atom. The van der Waals surface area contributed by atoms with Crippen molar-refractivity contribution in [3.63, 3.8) is 0 Å². The van der Waals surface area contributed by atoms with E-state index in [2.05, 4.69) is 47.2 Å². The molecule has 0 fully saturated rings. The Kier molecular flexibility index (Phi) is 14.1. The lowest BCUT2D eigenvalue weighted by Gasteiger charge is -2.23.